The fourth-order valence-electron chi connectivity index (χ4n) is 2.14. The van der Waals surface area contributed by atoms with Crippen LogP contribution < -0.4 is 4.74 Å². The summed E-state index contributed by atoms with van der Waals surface area (Å²) in [4.78, 5) is 0. The summed E-state index contributed by atoms with van der Waals surface area (Å²) in [5.74, 6) is 0.900. The Hall–Kier alpha value is -1.02. The van der Waals surface area contributed by atoms with E-state index in [1.165, 1.54) is 11.1 Å². The van der Waals surface area contributed by atoms with E-state index in [-0.39, 0.29) is 5.41 Å². The number of rotatable bonds is 1. The highest BCUT2D eigenvalue weighted by molar-refractivity contribution is 5.51. The monoisotopic (exact) mass is 220 g/mol. The number of aliphatic hydroxyl groups is 1. The number of benzene rings is 1. The van der Waals surface area contributed by atoms with Crippen molar-refractivity contribution in [2.45, 2.75) is 45.6 Å². The van der Waals surface area contributed by atoms with Gasteiger partial charge in [-0.25, -0.2) is 0 Å². The number of hydrogen-bond donors (Lipinski definition) is 1. The van der Waals surface area contributed by atoms with Crippen molar-refractivity contribution in [2.24, 2.45) is 0 Å². The summed E-state index contributed by atoms with van der Waals surface area (Å²) in [6, 6.07) is 4.28. The van der Waals surface area contributed by atoms with Crippen molar-refractivity contribution in [1.29, 1.82) is 0 Å². The SMILES string of the molecule is CCc1cc2c(c(C(C)(C)C)c1)OCC2O. The quantitative estimate of drug-likeness (QED) is 0.788. The summed E-state index contributed by atoms with van der Waals surface area (Å²) in [5, 5.41) is 9.87. The van der Waals surface area contributed by atoms with E-state index in [9.17, 15) is 5.11 Å². The lowest BCUT2D eigenvalue weighted by Crippen LogP contribution is -2.13. The molecule has 1 atom stereocenters. The van der Waals surface area contributed by atoms with Crippen molar-refractivity contribution in [3.8, 4) is 5.75 Å². The number of hydrogen-bond acceptors (Lipinski definition) is 2. The Bertz CT molecular complexity index is 402. The first-order chi connectivity index (χ1) is 7.43. The van der Waals surface area contributed by atoms with Crippen LogP contribution in [0, 0.1) is 0 Å². The van der Waals surface area contributed by atoms with E-state index in [1.54, 1.807) is 0 Å². The Balaban J connectivity index is 2.61. The van der Waals surface area contributed by atoms with Gasteiger partial charge in [-0.15, -0.1) is 0 Å². The molecule has 1 aromatic rings. The minimum absolute atomic E-state index is 0.0549. The topological polar surface area (TPSA) is 29.5 Å². The lowest BCUT2D eigenvalue weighted by molar-refractivity contribution is 0.140. The van der Waals surface area contributed by atoms with Crippen LogP contribution in [0.5, 0.6) is 5.75 Å². The second-order valence-corrected chi connectivity index (χ2v) is 5.49. The van der Waals surface area contributed by atoms with Crippen LogP contribution in [0.3, 0.4) is 0 Å². The molecule has 1 aromatic carbocycles. The zero-order valence-electron chi connectivity index (χ0n) is 10.5. The third-order valence-electron chi connectivity index (χ3n) is 3.14. The Morgan fingerprint density at radius 2 is 2.06 bits per heavy atom. The fraction of sp³-hybridized carbons (Fsp3) is 0.571. The molecule has 0 spiro atoms. The minimum Gasteiger partial charge on any atom is -0.490 e. The molecule has 0 saturated carbocycles. The van der Waals surface area contributed by atoms with Gasteiger partial charge in [0.05, 0.1) is 0 Å². The lowest BCUT2D eigenvalue weighted by Gasteiger charge is -2.23. The molecular formula is C14H20O2. The van der Waals surface area contributed by atoms with E-state index in [0.29, 0.717) is 6.61 Å². The molecule has 2 heteroatoms. The molecule has 0 aromatic heterocycles. The van der Waals surface area contributed by atoms with Gasteiger partial charge in [0.25, 0.3) is 0 Å². The van der Waals surface area contributed by atoms with Crippen LogP contribution in [0.2, 0.25) is 0 Å². The standard InChI is InChI=1S/C14H20O2/c1-5-9-6-10-12(15)8-16-13(10)11(7-9)14(2,3)4/h6-7,12,15H,5,8H2,1-4H3. The van der Waals surface area contributed by atoms with Crippen LogP contribution in [0.15, 0.2) is 12.1 Å². The summed E-state index contributed by atoms with van der Waals surface area (Å²) in [5.41, 5.74) is 3.50. The molecule has 1 aliphatic rings. The zero-order valence-corrected chi connectivity index (χ0v) is 10.5. The Morgan fingerprint density at radius 3 is 2.62 bits per heavy atom. The number of aryl methyl sites for hydroxylation is 1. The average Bonchev–Trinajstić information content (AvgIpc) is 2.58. The second kappa shape index (κ2) is 3.77. The van der Waals surface area contributed by atoms with E-state index in [0.717, 1.165) is 17.7 Å². The van der Waals surface area contributed by atoms with E-state index >= 15 is 0 Å². The van der Waals surface area contributed by atoms with Crippen LogP contribution in [0.1, 0.15) is 50.5 Å². The Labute approximate surface area is 97.3 Å². The molecule has 2 nitrogen and oxygen atoms in total. The molecule has 88 valence electrons. The van der Waals surface area contributed by atoms with E-state index in [4.69, 9.17) is 4.74 Å². The van der Waals surface area contributed by atoms with Gasteiger partial charge < -0.3 is 9.84 Å². The van der Waals surface area contributed by atoms with Gasteiger partial charge in [-0.05, 0) is 23.5 Å². The number of aliphatic hydroxyl groups excluding tert-OH is 1. The molecule has 0 amide bonds. The Morgan fingerprint density at radius 1 is 1.38 bits per heavy atom. The molecule has 0 radical (unpaired) electrons. The van der Waals surface area contributed by atoms with Crippen molar-refractivity contribution in [2.75, 3.05) is 6.61 Å². The van der Waals surface area contributed by atoms with E-state index in [1.807, 2.05) is 0 Å². The highest BCUT2D eigenvalue weighted by Crippen LogP contribution is 2.41. The van der Waals surface area contributed by atoms with Gasteiger partial charge in [0.15, 0.2) is 0 Å². The third kappa shape index (κ3) is 1.82. The van der Waals surface area contributed by atoms with Crippen LogP contribution in [-0.4, -0.2) is 11.7 Å². The molecule has 0 bridgehead atoms. The summed E-state index contributed by atoms with van der Waals surface area (Å²) in [6.45, 7) is 9.06. The van der Waals surface area contributed by atoms with Crippen molar-refractivity contribution >= 4 is 0 Å². The van der Waals surface area contributed by atoms with Crippen molar-refractivity contribution in [3.05, 3.63) is 28.8 Å². The zero-order chi connectivity index (χ0) is 11.9. The second-order valence-electron chi connectivity index (χ2n) is 5.49. The van der Waals surface area contributed by atoms with Crippen molar-refractivity contribution in [3.63, 3.8) is 0 Å². The first kappa shape index (κ1) is 11.5. The predicted octanol–water partition coefficient (Wildman–Crippen LogP) is 2.97. The lowest BCUT2D eigenvalue weighted by atomic mass is 9.83. The third-order valence-corrected chi connectivity index (χ3v) is 3.14. The first-order valence-corrected chi connectivity index (χ1v) is 5.91. The van der Waals surface area contributed by atoms with Gasteiger partial charge >= 0.3 is 0 Å². The fourth-order valence-corrected chi connectivity index (χ4v) is 2.14. The number of fused-ring (bicyclic) bond motifs is 1. The van der Waals surface area contributed by atoms with E-state index in [2.05, 4.69) is 39.8 Å². The van der Waals surface area contributed by atoms with Gasteiger partial charge in [-0.2, -0.15) is 0 Å². The van der Waals surface area contributed by atoms with Crippen LogP contribution >= 0.6 is 0 Å². The predicted molar refractivity (Wildman–Crippen MR) is 65.0 cm³/mol. The van der Waals surface area contributed by atoms with Gasteiger partial charge in [0.2, 0.25) is 0 Å². The largest absolute Gasteiger partial charge is 0.490 e. The van der Waals surface area contributed by atoms with E-state index < -0.39 is 6.10 Å². The minimum atomic E-state index is -0.456. The summed E-state index contributed by atoms with van der Waals surface area (Å²) in [7, 11) is 0. The average molecular weight is 220 g/mol. The van der Waals surface area contributed by atoms with Crippen molar-refractivity contribution < 1.29 is 9.84 Å². The molecule has 0 aliphatic carbocycles. The van der Waals surface area contributed by atoms with Crippen LogP contribution in [-0.2, 0) is 11.8 Å². The van der Waals surface area contributed by atoms with Crippen LogP contribution in [0.25, 0.3) is 0 Å². The number of ether oxygens (including phenoxy) is 1. The molecule has 1 heterocycles. The summed E-state index contributed by atoms with van der Waals surface area (Å²) >= 11 is 0. The maximum atomic E-state index is 9.87. The molecule has 1 N–H and O–H groups in total. The summed E-state index contributed by atoms with van der Waals surface area (Å²) in [6.07, 6.45) is 0.533. The highest BCUT2D eigenvalue weighted by Gasteiger charge is 2.29. The summed E-state index contributed by atoms with van der Waals surface area (Å²) < 4.78 is 5.62. The molecular weight excluding hydrogens is 200 g/mol. The molecule has 1 aliphatic heterocycles. The van der Waals surface area contributed by atoms with Crippen molar-refractivity contribution in [1.82, 2.24) is 0 Å². The first-order valence-electron chi connectivity index (χ1n) is 5.91. The smallest absolute Gasteiger partial charge is 0.129 e. The molecule has 1 unspecified atom stereocenters. The molecule has 16 heavy (non-hydrogen) atoms. The van der Waals surface area contributed by atoms with Gasteiger partial charge in [0.1, 0.15) is 18.5 Å². The van der Waals surface area contributed by atoms with Gasteiger partial charge in [-0.3, -0.25) is 0 Å². The maximum Gasteiger partial charge on any atom is 0.129 e. The maximum absolute atomic E-state index is 9.87. The van der Waals surface area contributed by atoms with Gasteiger partial charge in [-0.1, -0.05) is 33.8 Å². The van der Waals surface area contributed by atoms with Crippen LogP contribution in [0.4, 0.5) is 0 Å². The Kier molecular flexibility index (Phi) is 2.70. The molecule has 0 fully saturated rings. The van der Waals surface area contributed by atoms with Gasteiger partial charge in [0, 0.05) is 11.1 Å². The molecule has 2 rings (SSSR count). The highest BCUT2D eigenvalue weighted by atomic mass is 16.5. The normalized spacial score (nSPS) is 19.4. The molecule has 0 saturated heterocycles.